The fourth-order valence-corrected chi connectivity index (χ4v) is 1.66. The van der Waals surface area contributed by atoms with E-state index in [1.54, 1.807) is 33.8 Å². The molecule has 110 valence electrons. The highest BCUT2D eigenvalue weighted by Crippen LogP contribution is 2.20. The maximum atomic E-state index is 13.6. The molecule has 0 saturated carbocycles. The predicted octanol–water partition coefficient (Wildman–Crippen LogP) is 2.75. The summed E-state index contributed by atoms with van der Waals surface area (Å²) in [4.78, 5) is 22.9. The molecule has 2 amide bonds. The highest BCUT2D eigenvalue weighted by molar-refractivity contribution is 5.92. The van der Waals surface area contributed by atoms with Crippen molar-refractivity contribution in [2.24, 2.45) is 5.41 Å². The number of rotatable bonds is 3. The van der Waals surface area contributed by atoms with Gasteiger partial charge in [0.25, 0.3) is 0 Å². The van der Waals surface area contributed by atoms with Gasteiger partial charge in [0, 0.05) is 0 Å². The second kappa shape index (κ2) is 5.90. The smallest absolute Gasteiger partial charge is 0.326 e. The van der Waals surface area contributed by atoms with E-state index < -0.39 is 29.3 Å². The molecule has 0 saturated heterocycles. The molecule has 0 aliphatic carbocycles. The van der Waals surface area contributed by atoms with Crippen LogP contribution < -0.4 is 10.6 Å². The number of carbonyl (C=O) groups excluding carboxylic acids is 1. The van der Waals surface area contributed by atoms with Gasteiger partial charge in [0.05, 0.1) is 5.69 Å². The Morgan fingerprint density at radius 3 is 2.35 bits per heavy atom. The summed E-state index contributed by atoms with van der Waals surface area (Å²) in [7, 11) is 0. The largest absolute Gasteiger partial charge is 0.480 e. The molecule has 20 heavy (non-hydrogen) atoms. The van der Waals surface area contributed by atoms with Crippen LogP contribution in [0.15, 0.2) is 18.2 Å². The Balaban J connectivity index is 2.79. The third-order valence-electron chi connectivity index (χ3n) is 2.76. The quantitative estimate of drug-likeness (QED) is 0.797. The summed E-state index contributed by atoms with van der Waals surface area (Å²) in [5.41, 5.74) is 0.0762. The van der Waals surface area contributed by atoms with Crippen molar-refractivity contribution in [3.8, 4) is 0 Å². The molecular formula is C14H19FN2O3. The normalized spacial score (nSPS) is 12.7. The van der Waals surface area contributed by atoms with Crippen LogP contribution in [0.25, 0.3) is 0 Å². The number of urea groups is 1. The molecule has 1 aromatic rings. The number of carbonyl (C=O) groups is 2. The van der Waals surface area contributed by atoms with Crippen LogP contribution in [0.5, 0.6) is 0 Å². The number of carboxylic acids is 1. The molecule has 0 heterocycles. The maximum Gasteiger partial charge on any atom is 0.326 e. The van der Waals surface area contributed by atoms with E-state index in [0.29, 0.717) is 0 Å². The highest BCUT2D eigenvalue weighted by Gasteiger charge is 2.32. The van der Waals surface area contributed by atoms with E-state index >= 15 is 0 Å². The first-order chi connectivity index (χ1) is 9.11. The summed E-state index contributed by atoms with van der Waals surface area (Å²) < 4.78 is 13.6. The second-order valence-electron chi connectivity index (χ2n) is 5.72. The highest BCUT2D eigenvalue weighted by atomic mass is 19.1. The van der Waals surface area contributed by atoms with Gasteiger partial charge < -0.3 is 15.7 Å². The molecule has 1 aromatic carbocycles. The van der Waals surface area contributed by atoms with Crippen LogP contribution in [0.3, 0.4) is 0 Å². The molecule has 1 unspecified atom stereocenters. The Labute approximate surface area is 117 Å². The second-order valence-corrected chi connectivity index (χ2v) is 5.72. The Morgan fingerprint density at radius 1 is 1.30 bits per heavy atom. The number of carboxylic acid groups (broad SMARTS) is 1. The minimum absolute atomic E-state index is 0.00569. The molecule has 0 radical (unpaired) electrons. The molecule has 0 aliphatic rings. The summed E-state index contributed by atoms with van der Waals surface area (Å²) in [5.74, 6) is -1.71. The van der Waals surface area contributed by atoms with Crippen LogP contribution in [-0.2, 0) is 4.79 Å². The molecule has 0 fully saturated rings. The van der Waals surface area contributed by atoms with Crippen LogP contribution in [-0.4, -0.2) is 23.1 Å². The zero-order valence-electron chi connectivity index (χ0n) is 12.0. The zero-order valence-corrected chi connectivity index (χ0v) is 12.0. The van der Waals surface area contributed by atoms with Crippen LogP contribution in [0.4, 0.5) is 14.9 Å². The number of amides is 2. The van der Waals surface area contributed by atoms with Crippen molar-refractivity contribution in [1.29, 1.82) is 0 Å². The Hall–Kier alpha value is -2.11. The molecule has 0 bridgehead atoms. The minimum atomic E-state index is -1.14. The van der Waals surface area contributed by atoms with Gasteiger partial charge in [0.1, 0.15) is 11.9 Å². The lowest BCUT2D eigenvalue weighted by molar-refractivity contribution is -0.141. The molecule has 1 atom stereocenters. The number of hydrogen-bond donors (Lipinski definition) is 3. The van der Waals surface area contributed by atoms with Gasteiger partial charge in [0.15, 0.2) is 0 Å². The topological polar surface area (TPSA) is 78.4 Å². The molecule has 0 spiro atoms. The maximum absolute atomic E-state index is 13.6. The number of anilines is 1. The summed E-state index contributed by atoms with van der Waals surface area (Å²) in [5, 5.41) is 13.7. The Morgan fingerprint density at radius 2 is 1.90 bits per heavy atom. The predicted molar refractivity (Wildman–Crippen MR) is 74.2 cm³/mol. The van der Waals surface area contributed by atoms with E-state index in [1.807, 2.05) is 0 Å². The van der Waals surface area contributed by atoms with Crippen molar-refractivity contribution in [3.05, 3.63) is 29.6 Å². The van der Waals surface area contributed by atoms with Crippen molar-refractivity contribution >= 4 is 17.7 Å². The summed E-state index contributed by atoms with van der Waals surface area (Å²) in [6.45, 7) is 6.81. The number of aryl methyl sites for hydroxylation is 1. The van der Waals surface area contributed by atoms with Crippen molar-refractivity contribution in [2.45, 2.75) is 33.7 Å². The van der Waals surface area contributed by atoms with Gasteiger partial charge in [0.2, 0.25) is 0 Å². The first kappa shape index (κ1) is 15.9. The molecular weight excluding hydrogens is 263 g/mol. The molecule has 1 rings (SSSR count). The van der Waals surface area contributed by atoms with Gasteiger partial charge in [-0.05, 0) is 30.0 Å². The van der Waals surface area contributed by atoms with Crippen LogP contribution in [0.1, 0.15) is 26.3 Å². The average Bonchev–Trinajstić information content (AvgIpc) is 2.28. The number of benzene rings is 1. The van der Waals surface area contributed by atoms with E-state index in [0.717, 1.165) is 5.56 Å². The van der Waals surface area contributed by atoms with Crippen molar-refractivity contribution in [3.63, 3.8) is 0 Å². The molecule has 5 nitrogen and oxygen atoms in total. The van der Waals surface area contributed by atoms with E-state index in [2.05, 4.69) is 10.6 Å². The van der Waals surface area contributed by atoms with E-state index in [9.17, 15) is 14.0 Å². The Bertz CT molecular complexity index is 524. The first-order valence-corrected chi connectivity index (χ1v) is 6.17. The van der Waals surface area contributed by atoms with Gasteiger partial charge in [-0.3, -0.25) is 0 Å². The minimum Gasteiger partial charge on any atom is -0.480 e. The number of halogens is 1. The standard InChI is InChI=1S/C14H19FN2O3/c1-8-5-6-10(9(15)7-8)16-13(20)17-11(12(18)19)14(2,3)4/h5-7,11H,1-4H3,(H,18,19)(H2,16,17,20). The first-order valence-electron chi connectivity index (χ1n) is 6.17. The van der Waals surface area contributed by atoms with Crippen LogP contribution in [0.2, 0.25) is 0 Å². The van der Waals surface area contributed by atoms with E-state index in [-0.39, 0.29) is 5.69 Å². The van der Waals surface area contributed by atoms with Crippen molar-refractivity contribution in [2.75, 3.05) is 5.32 Å². The lowest BCUT2D eigenvalue weighted by Gasteiger charge is -2.27. The van der Waals surface area contributed by atoms with Gasteiger partial charge in [-0.25, -0.2) is 14.0 Å². The number of aliphatic carboxylic acids is 1. The fourth-order valence-electron chi connectivity index (χ4n) is 1.66. The fraction of sp³-hybridized carbons (Fsp3) is 0.429. The summed E-state index contributed by atoms with van der Waals surface area (Å²) in [6.07, 6.45) is 0. The van der Waals surface area contributed by atoms with Crippen LogP contribution in [0, 0.1) is 18.2 Å². The monoisotopic (exact) mass is 282 g/mol. The molecule has 3 N–H and O–H groups in total. The zero-order chi connectivity index (χ0) is 15.5. The molecule has 0 aliphatic heterocycles. The molecule has 0 aromatic heterocycles. The lowest BCUT2D eigenvalue weighted by Crippen LogP contribution is -2.50. The SMILES string of the molecule is Cc1ccc(NC(=O)NC(C(=O)O)C(C)(C)C)c(F)c1. The van der Waals surface area contributed by atoms with Gasteiger partial charge in [-0.1, -0.05) is 26.8 Å². The van der Waals surface area contributed by atoms with Gasteiger partial charge in [-0.2, -0.15) is 0 Å². The van der Waals surface area contributed by atoms with E-state index in [1.165, 1.54) is 12.1 Å². The lowest BCUT2D eigenvalue weighted by atomic mass is 9.87. The third kappa shape index (κ3) is 4.22. The molecule has 6 heteroatoms. The summed E-state index contributed by atoms with van der Waals surface area (Å²) >= 11 is 0. The van der Waals surface area contributed by atoms with Gasteiger partial charge in [-0.15, -0.1) is 0 Å². The number of hydrogen-bond acceptors (Lipinski definition) is 2. The van der Waals surface area contributed by atoms with Gasteiger partial charge >= 0.3 is 12.0 Å². The summed E-state index contributed by atoms with van der Waals surface area (Å²) in [6, 6.07) is 2.54. The average molecular weight is 282 g/mol. The van der Waals surface area contributed by atoms with Crippen molar-refractivity contribution in [1.82, 2.24) is 5.32 Å². The Kier molecular flexibility index (Phi) is 4.70. The van der Waals surface area contributed by atoms with Crippen molar-refractivity contribution < 1.29 is 19.1 Å². The van der Waals surface area contributed by atoms with Crippen LogP contribution >= 0.6 is 0 Å². The van der Waals surface area contributed by atoms with E-state index in [4.69, 9.17) is 5.11 Å². The number of nitrogens with one attached hydrogen (secondary N) is 2. The third-order valence-corrected chi connectivity index (χ3v) is 2.76.